The second-order valence-electron chi connectivity index (χ2n) is 7.48. The highest BCUT2D eigenvalue weighted by Gasteiger charge is 2.24. The fourth-order valence-corrected chi connectivity index (χ4v) is 2.84. The van der Waals surface area contributed by atoms with E-state index in [1.54, 1.807) is 0 Å². The van der Waals surface area contributed by atoms with Gasteiger partial charge in [0, 0.05) is 26.2 Å². The number of carbonyl (C=O) groups is 2. The summed E-state index contributed by atoms with van der Waals surface area (Å²) in [7, 11) is 0. The first-order valence-corrected chi connectivity index (χ1v) is 8.87. The van der Waals surface area contributed by atoms with Crippen LogP contribution >= 0.6 is 0 Å². The molecule has 1 aliphatic rings. The minimum absolute atomic E-state index is 0.0502. The molecule has 0 spiro atoms. The molecule has 0 unspecified atom stereocenters. The van der Waals surface area contributed by atoms with Gasteiger partial charge >= 0.3 is 12.1 Å². The summed E-state index contributed by atoms with van der Waals surface area (Å²) in [6, 6.07) is 9.80. The van der Waals surface area contributed by atoms with E-state index < -0.39 is 11.7 Å². The summed E-state index contributed by atoms with van der Waals surface area (Å²) in [4.78, 5) is 25.9. The molecule has 6 heteroatoms. The molecule has 0 saturated carbocycles. The van der Waals surface area contributed by atoms with Gasteiger partial charge in [0.1, 0.15) is 5.60 Å². The third-order valence-corrected chi connectivity index (χ3v) is 4.03. The van der Waals surface area contributed by atoms with Crippen LogP contribution in [-0.2, 0) is 11.3 Å². The highest BCUT2D eigenvalue weighted by atomic mass is 16.6. The van der Waals surface area contributed by atoms with E-state index in [2.05, 4.69) is 10.6 Å². The van der Waals surface area contributed by atoms with E-state index in [1.807, 2.05) is 56.0 Å². The predicted molar refractivity (Wildman–Crippen MR) is 97.2 cm³/mol. The van der Waals surface area contributed by atoms with E-state index in [4.69, 9.17) is 4.74 Å². The number of nitrogens with one attached hydrogen (secondary N) is 2. The summed E-state index contributed by atoms with van der Waals surface area (Å²) in [5, 5.41) is 5.77. The van der Waals surface area contributed by atoms with Crippen molar-refractivity contribution in [2.75, 3.05) is 19.6 Å². The van der Waals surface area contributed by atoms with Gasteiger partial charge in [-0.25, -0.2) is 9.59 Å². The second kappa shape index (κ2) is 8.74. The number of nitrogens with zero attached hydrogens (tertiary/aromatic N) is 1. The van der Waals surface area contributed by atoms with Crippen LogP contribution in [0.25, 0.3) is 0 Å². The summed E-state index contributed by atoms with van der Waals surface area (Å²) in [6.07, 6.45) is 1.54. The number of hydrogen-bond donors (Lipinski definition) is 2. The third-order valence-electron chi connectivity index (χ3n) is 4.03. The number of ether oxygens (including phenoxy) is 1. The molecular weight excluding hydrogens is 318 g/mol. The van der Waals surface area contributed by atoms with Gasteiger partial charge in [-0.05, 0) is 45.1 Å². The number of carbonyl (C=O) groups excluding carboxylic acids is 2. The molecule has 1 saturated heterocycles. The number of likely N-dealkylation sites (tertiary alicyclic amines) is 1. The van der Waals surface area contributed by atoms with Crippen molar-refractivity contribution < 1.29 is 14.3 Å². The molecule has 1 atom stereocenters. The summed E-state index contributed by atoms with van der Waals surface area (Å²) >= 11 is 0. The van der Waals surface area contributed by atoms with Crippen LogP contribution in [0.2, 0.25) is 0 Å². The van der Waals surface area contributed by atoms with Crippen LogP contribution in [0.1, 0.15) is 39.2 Å². The van der Waals surface area contributed by atoms with E-state index in [1.165, 1.54) is 0 Å². The molecule has 2 rings (SSSR count). The van der Waals surface area contributed by atoms with Crippen LogP contribution in [0.15, 0.2) is 30.3 Å². The standard InChI is InChI=1S/C19H29N3O3/c1-19(2,3)25-18(24)21-13-16-10-7-11-22(14-16)17(23)20-12-15-8-5-4-6-9-15/h4-6,8-9,16H,7,10-14H2,1-3H3,(H,20,23)(H,21,24)/t16-/m0/s1. The lowest BCUT2D eigenvalue weighted by atomic mass is 9.98. The molecule has 0 radical (unpaired) electrons. The number of amides is 3. The SMILES string of the molecule is CC(C)(C)OC(=O)NC[C@@H]1CCCN(C(=O)NCc2ccccc2)C1. The molecule has 1 heterocycles. The Morgan fingerprint density at radius 1 is 1.20 bits per heavy atom. The van der Waals surface area contributed by atoms with Crippen LogP contribution in [-0.4, -0.2) is 42.3 Å². The molecule has 138 valence electrons. The maximum Gasteiger partial charge on any atom is 0.407 e. The Kier molecular flexibility index (Phi) is 6.67. The predicted octanol–water partition coefficient (Wildman–Crippen LogP) is 3.13. The molecule has 1 fully saturated rings. The van der Waals surface area contributed by atoms with E-state index in [-0.39, 0.29) is 11.9 Å². The highest BCUT2D eigenvalue weighted by molar-refractivity contribution is 5.74. The third kappa shape index (κ3) is 7.03. The van der Waals surface area contributed by atoms with Crippen molar-refractivity contribution >= 4 is 12.1 Å². The quantitative estimate of drug-likeness (QED) is 0.879. The number of piperidine rings is 1. The van der Waals surface area contributed by atoms with Crippen LogP contribution in [0.5, 0.6) is 0 Å². The lowest BCUT2D eigenvalue weighted by Crippen LogP contribution is -2.47. The number of alkyl carbamates (subject to hydrolysis) is 1. The van der Waals surface area contributed by atoms with Gasteiger partial charge < -0.3 is 20.3 Å². The van der Waals surface area contributed by atoms with Gasteiger partial charge in [0.15, 0.2) is 0 Å². The van der Waals surface area contributed by atoms with Gasteiger partial charge in [0.05, 0.1) is 0 Å². The Bertz CT molecular complexity index is 569. The van der Waals surface area contributed by atoms with Crippen LogP contribution in [0.3, 0.4) is 0 Å². The van der Waals surface area contributed by atoms with E-state index in [0.717, 1.165) is 24.9 Å². The molecule has 6 nitrogen and oxygen atoms in total. The summed E-state index contributed by atoms with van der Waals surface area (Å²) in [6.45, 7) is 7.97. The van der Waals surface area contributed by atoms with E-state index >= 15 is 0 Å². The fourth-order valence-electron chi connectivity index (χ4n) is 2.84. The monoisotopic (exact) mass is 347 g/mol. The summed E-state index contributed by atoms with van der Waals surface area (Å²) in [5.74, 6) is 0.253. The lowest BCUT2D eigenvalue weighted by molar-refractivity contribution is 0.0511. The largest absolute Gasteiger partial charge is 0.444 e. The Labute approximate surface area is 149 Å². The Balaban J connectivity index is 1.74. The van der Waals surface area contributed by atoms with Gasteiger partial charge in [-0.15, -0.1) is 0 Å². The number of urea groups is 1. The maximum atomic E-state index is 12.3. The first-order chi connectivity index (χ1) is 11.8. The molecular formula is C19H29N3O3. The van der Waals surface area contributed by atoms with E-state index in [0.29, 0.717) is 19.6 Å². The summed E-state index contributed by atoms with van der Waals surface area (Å²) < 4.78 is 5.25. The van der Waals surface area contributed by atoms with Crippen molar-refractivity contribution in [2.45, 2.75) is 45.8 Å². The van der Waals surface area contributed by atoms with Crippen molar-refractivity contribution in [1.29, 1.82) is 0 Å². The Hall–Kier alpha value is -2.24. The molecule has 1 aromatic carbocycles. The second-order valence-corrected chi connectivity index (χ2v) is 7.48. The first kappa shape index (κ1) is 19.1. The smallest absolute Gasteiger partial charge is 0.407 e. The van der Waals surface area contributed by atoms with Crippen LogP contribution in [0, 0.1) is 5.92 Å². The highest BCUT2D eigenvalue weighted by Crippen LogP contribution is 2.16. The minimum atomic E-state index is -0.500. The van der Waals surface area contributed by atoms with Gasteiger partial charge in [0.25, 0.3) is 0 Å². The number of rotatable bonds is 4. The van der Waals surface area contributed by atoms with Crippen LogP contribution in [0.4, 0.5) is 9.59 Å². The minimum Gasteiger partial charge on any atom is -0.444 e. The number of benzene rings is 1. The van der Waals surface area contributed by atoms with Crippen LogP contribution < -0.4 is 10.6 Å². The molecule has 25 heavy (non-hydrogen) atoms. The molecule has 0 aromatic heterocycles. The maximum absolute atomic E-state index is 12.3. The zero-order valence-corrected chi connectivity index (χ0v) is 15.4. The fraction of sp³-hybridized carbons (Fsp3) is 0.579. The van der Waals surface area contributed by atoms with Gasteiger partial charge in [-0.2, -0.15) is 0 Å². The average Bonchev–Trinajstić information content (AvgIpc) is 2.57. The van der Waals surface area contributed by atoms with Gasteiger partial charge in [0.2, 0.25) is 0 Å². The molecule has 3 amide bonds. The van der Waals surface area contributed by atoms with Crippen molar-refractivity contribution in [2.24, 2.45) is 5.92 Å². The topological polar surface area (TPSA) is 70.7 Å². The van der Waals surface area contributed by atoms with E-state index in [9.17, 15) is 9.59 Å². The average molecular weight is 347 g/mol. The molecule has 0 bridgehead atoms. The molecule has 1 aromatic rings. The van der Waals surface area contributed by atoms with Gasteiger partial charge in [-0.3, -0.25) is 0 Å². The Morgan fingerprint density at radius 3 is 2.60 bits per heavy atom. The summed E-state index contributed by atoms with van der Waals surface area (Å²) in [5.41, 5.74) is 0.580. The van der Waals surface area contributed by atoms with Crippen molar-refractivity contribution in [1.82, 2.24) is 15.5 Å². The zero-order chi connectivity index (χ0) is 18.3. The van der Waals surface area contributed by atoms with Crippen molar-refractivity contribution in [3.05, 3.63) is 35.9 Å². The zero-order valence-electron chi connectivity index (χ0n) is 15.4. The van der Waals surface area contributed by atoms with Crippen molar-refractivity contribution in [3.63, 3.8) is 0 Å². The molecule has 0 aliphatic carbocycles. The normalized spacial score (nSPS) is 17.7. The first-order valence-electron chi connectivity index (χ1n) is 8.87. The van der Waals surface area contributed by atoms with Crippen molar-refractivity contribution in [3.8, 4) is 0 Å². The van der Waals surface area contributed by atoms with Gasteiger partial charge in [-0.1, -0.05) is 30.3 Å². The number of hydrogen-bond acceptors (Lipinski definition) is 3. The molecule has 1 aliphatic heterocycles. The lowest BCUT2D eigenvalue weighted by Gasteiger charge is -2.33. The molecule has 2 N–H and O–H groups in total. The Morgan fingerprint density at radius 2 is 1.92 bits per heavy atom.